The zero-order valence-electron chi connectivity index (χ0n) is 10.7. The molecule has 0 bridgehead atoms. The Labute approximate surface area is 97.9 Å². The number of carbonyl (C=O) groups excluding carboxylic acids is 1. The van der Waals surface area contributed by atoms with E-state index < -0.39 is 0 Å². The number of nitrogens with one attached hydrogen (secondary N) is 2. The van der Waals surface area contributed by atoms with E-state index in [4.69, 9.17) is 9.47 Å². The molecule has 0 aromatic carbocycles. The Morgan fingerprint density at radius 2 is 1.94 bits per heavy atom. The van der Waals surface area contributed by atoms with E-state index in [-0.39, 0.29) is 18.0 Å². The molecule has 2 unspecified atom stereocenters. The molecule has 2 N–H and O–H groups in total. The average Bonchev–Trinajstić information content (AvgIpc) is 2.23. The molecule has 0 saturated heterocycles. The lowest BCUT2D eigenvalue weighted by Gasteiger charge is -2.16. The second kappa shape index (κ2) is 9.57. The third-order valence-electron chi connectivity index (χ3n) is 2.01. The van der Waals surface area contributed by atoms with Gasteiger partial charge in [0.15, 0.2) is 0 Å². The number of rotatable bonds is 9. The Bertz CT molecular complexity index is 188. The van der Waals surface area contributed by atoms with Gasteiger partial charge in [0.05, 0.1) is 19.8 Å². The molecule has 96 valence electrons. The van der Waals surface area contributed by atoms with E-state index in [2.05, 4.69) is 10.6 Å². The molecule has 0 aliphatic heterocycles. The summed E-state index contributed by atoms with van der Waals surface area (Å²) in [5.74, 6) is -0.0205. The van der Waals surface area contributed by atoms with Crippen LogP contribution in [0.25, 0.3) is 0 Å². The molecule has 0 aromatic heterocycles. The topological polar surface area (TPSA) is 59.6 Å². The van der Waals surface area contributed by atoms with Gasteiger partial charge in [0.1, 0.15) is 0 Å². The molecule has 16 heavy (non-hydrogen) atoms. The van der Waals surface area contributed by atoms with Crippen LogP contribution in [0.1, 0.15) is 20.8 Å². The van der Waals surface area contributed by atoms with Crippen LogP contribution in [0.4, 0.5) is 0 Å². The van der Waals surface area contributed by atoms with E-state index in [0.29, 0.717) is 26.4 Å². The first-order chi connectivity index (χ1) is 7.60. The van der Waals surface area contributed by atoms with E-state index in [1.807, 2.05) is 20.8 Å². The maximum Gasteiger partial charge on any atom is 0.234 e. The Hall–Kier alpha value is -0.650. The van der Waals surface area contributed by atoms with Crippen molar-refractivity contribution in [2.24, 2.45) is 0 Å². The Morgan fingerprint density at radius 1 is 1.25 bits per heavy atom. The SMILES string of the molecule is CCOCC(C)NCC(=O)NC(C)COC. The molecule has 0 aliphatic rings. The Balaban J connectivity index is 3.56. The maximum atomic E-state index is 11.4. The van der Waals surface area contributed by atoms with Crippen LogP contribution < -0.4 is 10.6 Å². The molecule has 5 nitrogen and oxygen atoms in total. The number of amides is 1. The third-order valence-corrected chi connectivity index (χ3v) is 2.01. The van der Waals surface area contributed by atoms with Gasteiger partial charge in [-0.15, -0.1) is 0 Å². The smallest absolute Gasteiger partial charge is 0.234 e. The van der Waals surface area contributed by atoms with Crippen molar-refractivity contribution in [2.45, 2.75) is 32.9 Å². The van der Waals surface area contributed by atoms with Gasteiger partial charge in [-0.3, -0.25) is 4.79 Å². The van der Waals surface area contributed by atoms with Crippen molar-refractivity contribution in [3.63, 3.8) is 0 Å². The summed E-state index contributed by atoms with van der Waals surface area (Å²) < 4.78 is 10.2. The van der Waals surface area contributed by atoms with Crippen molar-refractivity contribution in [3.05, 3.63) is 0 Å². The van der Waals surface area contributed by atoms with Crippen LogP contribution in [0, 0.1) is 0 Å². The molecule has 5 heteroatoms. The molecular weight excluding hydrogens is 208 g/mol. The van der Waals surface area contributed by atoms with Gasteiger partial charge in [-0.05, 0) is 20.8 Å². The van der Waals surface area contributed by atoms with Gasteiger partial charge >= 0.3 is 0 Å². The van der Waals surface area contributed by atoms with Crippen LogP contribution in [0.15, 0.2) is 0 Å². The van der Waals surface area contributed by atoms with Crippen molar-refractivity contribution in [1.29, 1.82) is 0 Å². The zero-order chi connectivity index (χ0) is 12.4. The largest absolute Gasteiger partial charge is 0.383 e. The van der Waals surface area contributed by atoms with Crippen molar-refractivity contribution in [3.8, 4) is 0 Å². The van der Waals surface area contributed by atoms with Crippen molar-refractivity contribution in [2.75, 3.05) is 33.5 Å². The fourth-order valence-corrected chi connectivity index (χ4v) is 1.24. The van der Waals surface area contributed by atoms with Gasteiger partial charge in [0.25, 0.3) is 0 Å². The van der Waals surface area contributed by atoms with Gasteiger partial charge in [-0.25, -0.2) is 0 Å². The van der Waals surface area contributed by atoms with Crippen LogP contribution in [0.5, 0.6) is 0 Å². The second-order valence-corrected chi connectivity index (χ2v) is 3.87. The minimum Gasteiger partial charge on any atom is -0.383 e. The molecule has 0 rings (SSSR count). The summed E-state index contributed by atoms with van der Waals surface area (Å²) in [5.41, 5.74) is 0. The highest BCUT2D eigenvalue weighted by molar-refractivity contribution is 5.78. The predicted octanol–water partition coefficient (Wildman–Crippen LogP) is 0.152. The summed E-state index contributed by atoms with van der Waals surface area (Å²) in [6.45, 7) is 8.00. The monoisotopic (exact) mass is 232 g/mol. The maximum absolute atomic E-state index is 11.4. The standard InChI is InChI=1S/C11H24N2O3/c1-5-16-8-9(2)12-6-11(14)13-10(3)7-15-4/h9-10,12H,5-8H2,1-4H3,(H,13,14). The van der Waals surface area contributed by atoms with Crippen LogP contribution in [-0.4, -0.2) is 51.5 Å². The van der Waals surface area contributed by atoms with Gasteiger partial charge in [-0.2, -0.15) is 0 Å². The Kier molecular flexibility index (Phi) is 9.18. The summed E-state index contributed by atoms with van der Waals surface area (Å²) in [6, 6.07) is 0.227. The fraction of sp³-hybridized carbons (Fsp3) is 0.909. The van der Waals surface area contributed by atoms with Crippen molar-refractivity contribution < 1.29 is 14.3 Å². The quantitative estimate of drug-likeness (QED) is 0.594. The number of methoxy groups -OCH3 is 1. The molecule has 2 atom stereocenters. The predicted molar refractivity (Wildman–Crippen MR) is 63.4 cm³/mol. The molecule has 0 fully saturated rings. The first-order valence-corrected chi connectivity index (χ1v) is 5.69. The van der Waals surface area contributed by atoms with Gasteiger partial charge < -0.3 is 20.1 Å². The summed E-state index contributed by atoms with van der Waals surface area (Å²) in [6.07, 6.45) is 0. The number of hydrogen-bond donors (Lipinski definition) is 2. The number of hydrogen-bond acceptors (Lipinski definition) is 4. The van der Waals surface area contributed by atoms with E-state index in [9.17, 15) is 4.79 Å². The van der Waals surface area contributed by atoms with Crippen molar-refractivity contribution >= 4 is 5.91 Å². The molecule has 0 saturated carbocycles. The third kappa shape index (κ3) is 8.64. The normalized spacial score (nSPS) is 14.5. The molecule has 0 aromatic rings. The fourth-order valence-electron chi connectivity index (χ4n) is 1.24. The van der Waals surface area contributed by atoms with E-state index in [1.165, 1.54) is 0 Å². The van der Waals surface area contributed by atoms with E-state index in [0.717, 1.165) is 0 Å². The minimum atomic E-state index is -0.0205. The molecule has 0 heterocycles. The summed E-state index contributed by atoms with van der Waals surface area (Å²) in [4.78, 5) is 11.4. The highest BCUT2D eigenvalue weighted by Crippen LogP contribution is 1.85. The highest BCUT2D eigenvalue weighted by Gasteiger charge is 2.08. The number of ether oxygens (including phenoxy) is 2. The lowest BCUT2D eigenvalue weighted by Crippen LogP contribution is -2.44. The second-order valence-electron chi connectivity index (χ2n) is 3.87. The first-order valence-electron chi connectivity index (χ1n) is 5.69. The van der Waals surface area contributed by atoms with Crippen LogP contribution >= 0.6 is 0 Å². The van der Waals surface area contributed by atoms with Gasteiger partial charge in [0.2, 0.25) is 5.91 Å². The van der Waals surface area contributed by atoms with E-state index in [1.54, 1.807) is 7.11 Å². The summed E-state index contributed by atoms with van der Waals surface area (Å²) >= 11 is 0. The lowest BCUT2D eigenvalue weighted by molar-refractivity contribution is -0.121. The zero-order valence-corrected chi connectivity index (χ0v) is 10.7. The molecule has 0 radical (unpaired) electrons. The van der Waals surface area contributed by atoms with Gasteiger partial charge in [0, 0.05) is 25.8 Å². The minimum absolute atomic E-state index is 0.0205. The highest BCUT2D eigenvalue weighted by atomic mass is 16.5. The van der Waals surface area contributed by atoms with Crippen LogP contribution in [0.3, 0.4) is 0 Å². The molecular formula is C11H24N2O3. The van der Waals surface area contributed by atoms with E-state index >= 15 is 0 Å². The van der Waals surface area contributed by atoms with Crippen LogP contribution in [0.2, 0.25) is 0 Å². The average molecular weight is 232 g/mol. The summed E-state index contributed by atoms with van der Waals surface area (Å²) in [5, 5.41) is 5.91. The summed E-state index contributed by atoms with van der Waals surface area (Å²) in [7, 11) is 1.62. The van der Waals surface area contributed by atoms with Crippen molar-refractivity contribution in [1.82, 2.24) is 10.6 Å². The van der Waals surface area contributed by atoms with Gasteiger partial charge in [-0.1, -0.05) is 0 Å². The molecule has 1 amide bonds. The molecule has 0 spiro atoms. The molecule has 0 aliphatic carbocycles. The Morgan fingerprint density at radius 3 is 2.50 bits per heavy atom. The van der Waals surface area contributed by atoms with Crippen LogP contribution in [-0.2, 0) is 14.3 Å². The first kappa shape index (κ1) is 15.3. The lowest BCUT2D eigenvalue weighted by atomic mass is 10.3. The number of carbonyl (C=O) groups is 1.